The van der Waals surface area contributed by atoms with Crippen molar-refractivity contribution in [2.45, 2.75) is 367 Å². The van der Waals surface area contributed by atoms with Crippen molar-refractivity contribution in [3.8, 4) is 0 Å². The highest BCUT2D eigenvalue weighted by atomic mass is 35.5. The number of ketones is 1. The first-order valence-electron chi connectivity index (χ1n) is 36.3. The zero-order valence-electron chi connectivity index (χ0n) is 56.5. The summed E-state index contributed by atoms with van der Waals surface area (Å²) in [5, 5.41) is 16.3. The van der Waals surface area contributed by atoms with Gasteiger partial charge < -0.3 is 19.7 Å². The van der Waals surface area contributed by atoms with E-state index in [2.05, 4.69) is 125 Å². The van der Waals surface area contributed by atoms with Crippen LogP contribution in [-0.4, -0.2) is 59.0 Å². The fourth-order valence-electron chi connectivity index (χ4n) is 10.3. The van der Waals surface area contributed by atoms with Gasteiger partial charge in [-0.25, -0.2) is 0 Å². The number of Topliss-reactive ketones (excluding diaryl/α,β-unsaturated/α-hetero) is 1. The highest BCUT2D eigenvalue weighted by Gasteiger charge is 2.40. The number of halogens is 2. The Morgan fingerprint density at radius 1 is 0.400 bits per heavy atom. The van der Waals surface area contributed by atoms with E-state index in [0.717, 1.165) is 64.2 Å². The highest BCUT2D eigenvalue weighted by Crippen LogP contribution is 2.35. The molecule has 0 aliphatic carbocycles. The molecule has 496 valence electrons. The van der Waals surface area contributed by atoms with E-state index in [9.17, 15) is 4.79 Å². The van der Waals surface area contributed by atoms with Gasteiger partial charge in [0.25, 0.3) is 0 Å². The van der Waals surface area contributed by atoms with Gasteiger partial charge in [-0.1, -0.05) is 266 Å². The van der Waals surface area contributed by atoms with Gasteiger partial charge in [-0.2, -0.15) is 0 Å². The molecular formula is C78H140Cl2O5. The largest absolute Gasteiger partial charge is 0.394 e. The van der Waals surface area contributed by atoms with Crippen LogP contribution in [0.15, 0.2) is 97.2 Å². The maximum absolute atomic E-state index is 12.1. The average Bonchev–Trinajstić information content (AvgIpc) is 4.02. The molecule has 5 nitrogen and oxygen atoms in total. The Balaban J connectivity index is 0. The molecule has 0 bridgehead atoms. The molecule has 0 aromatic heterocycles. The van der Waals surface area contributed by atoms with Crippen molar-refractivity contribution in [3.63, 3.8) is 0 Å². The molecule has 1 rings (SSSR count). The standard InChI is InChI=1S/C39H69ClO2.C36H64O.C3H7ClO2/c1-3-5-7-9-11-13-15-17-19-21-23-25-27-29-31-33-35-39(41-37-38(36-40)42-39)34-32-30-28-26-24-22-20-18-16-14-12-10-8-6-4-2;1-3-5-7-9-11-13-15-17-19-21-23-25-27-29-31-33-35-36(37)34-32-30-28-26-24-22-20-18-16-14-12-10-8-6-4-2;4-1-3(6)2-5/h11-14,17-20,38H,3-10,15-16,21-37H2,1-2H3;11-14,17-20H,3-10,15-16,21-35H2,1-2H3;3,5-6H,1-2H2/b2*13-11-,14-12-,19-17-,20-18-;. The van der Waals surface area contributed by atoms with Gasteiger partial charge in [0.1, 0.15) is 5.78 Å². The highest BCUT2D eigenvalue weighted by molar-refractivity contribution is 6.18. The summed E-state index contributed by atoms with van der Waals surface area (Å²) in [5.41, 5.74) is 0. The number of unbranched alkanes of at least 4 members (excludes halogenated alkanes) is 34. The van der Waals surface area contributed by atoms with E-state index < -0.39 is 6.10 Å². The third kappa shape index (κ3) is 69.3. The molecule has 0 saturated carbocycles. The lowest BCUT2D eigenvalue weighted by Crippen LogP contribution is -2.31. The van der Waals surface area contributed by atoms with Crippen LogP contribution in [0, 0.1) is 0 Å². The summed E-state index contributed by atoms with van der Waals surface area (Å²) in [6, 6.07) is 0. The zero-order chi connectivity index (χ0) is 62.1. The molecule has 0 spiro atoms. The van der Waals surface area contributed by atoms with Gasteiger partial charge in [-0.3, -0.25) is 4.79 Å². The average molecular weight is 1230 g/mol. The van der Waals surface area contributed by atoms with E-state index in [1.165, 1.54) is 257 Å². The third-order valence-corrected chi connectivity index (χ3v) is 16.5. The first-order chi connectivity index (χ1) is 41.9. The first kappa shape index (κ1) is 85.1. The molecule has 0 aromatic carbocycles. The summed E-state index contributed by atoms with van der Waals surface area (Å²) in [4.78, 5) is 12.1. The molecule has 0 aromatic rings. The molecule has 1 aliphatic heterocycles. The molecule has 3 atom stereocenters. The number of rotatable bonds is 61. The minimum atomic E-state index is -0.744. The molecule has 2 N–H and O–H groups in total. The predicted octanol–water partition coefficient (Wildman–Crippen LogP) is 25.5. The van der Waals surface area contributed by atoms with Gasteiger partial charge in [0.15, 0.2) is 5.79 Å². The van der Waals surface area contributed by atoms with Crippen molar-refractivity contribution in [2.24, 2.45) is 0 Å². The SMILES string of the molecule is CCCCC/C=C\C/C=C\CCCCCCCCC(=O)CCCCCCC/C=C\C/C=C\CCCCC.CCCCC/C=C\C/C=C\CCCCCCCCC1(CCCCCCC/C=C\C/C=C\CCCCC)OCC(CCl)O1.OCC(O)CCl. The number of alkyl halides is 2. The number of carbonyl (C=O) groups excluding carboxylic acids is 1. The van der Waals surface area contributed by atoms with Crippen molar-refractivity contribution in [2.75, 3.05) is 25.0 Å². The lowest BCUT2D eigenvalue weighted by Gasteiger charge is -2.28. The molecule has 1 saturated heterocycles. The van der Waals surface area contributed by atoms with Gasteiger partial charge in [-0.05, 0) is 154 Å². The Labute approximate surface area is 539 Å². The second-order valence-corrected chi connectivity index (χ2v) is 24.9. The Kier molecular flexibility index (Phi) is 74.5. The third-order valence-electron chi connectivity index (χ3n) is 15.8. The van der Waals surface area contributed by atoms with E-state index in [4.69, 9.17) is 42.9 Å². The summed E-state index contributed by atoms with van der Waals surface area (Å²) in [6.07, 6.45) is 98.4. The smallest absolute Gasteiger partial charge is 0.168 e. The molecule has 1 fully saturated rings. The zero-order valence-corrected chi connectivity index (χ0v) is 58.0. The summed E-state index contributed by atoms with van der Waals surface area (Å²) >= 11 is 11.2. The molecule has 85 heavy (non-hydrogen) atoms. The molecular weight excluding hydrogens is 1090 g/mol. The van der Waals surface area contributed by atoms with Crippen LogP contribution in [0.4, 0.5) is 0 Å². The van der Waals surface area contributed by atoms with Crippen molar-refractivity contribution in [3.05, 3.63) is 97.2 Å². The molecule has 0 amide bonds. The van der Waals surface area contributed by atoms with Gasteiger partial charge in [-0.15, -0.1) is 23.2 Å². The maximum atomic E-state index is 12.1. The van der Waals surface area contributed by atoms with E-state index >= 15 is 0 Å². The number of hydrogen-bond acceptors (Lipinski definition) is 5. The van der Waals surface area contributed by atoms with Gasteiger partial charge in [0, 0.05) is 25.7 Å². The molecule has 3 unspecified atom stereocenters. The maximum Gasteiger partial charge on any atom is 0.168 e. The van der Waals surface area contributed by atoms with Crippen LogP contribution in [0.3, 0.4) is 0 Å². The van der Waals surface area contributed by atoms with Crippen molar-refractivity contribution >= 4 is 29.0 Å². The van der Waals surface area contributed by atoms with Crippen molar-refractivity contribution < 1.29 is 24.5 Å². The quantitative estimate of drug-likeness (QED) is 0.0361. The molecule has 1 aliphatic rings. The Morgan fingerprint density at radius 3 is 0.894 bits per heavy atom. The van der Waals surface area contributed by atoms with Gasteiger partial charge in [0.2, 0.25) is 0 Å². The van der Waals surface area contributed by atoms with Crippen molar-refractivity contribution in [1.29, 1.82) is 0 Å². The predicted molar refractivity (Wildman–Crippen MR) is 380 cm³/mol. The summed E-state index contributed by atoms with van der Waals surface area (Å²) in [6.45, 7) is 9.45. The topological polar surface area (TPSA) is 76.0 Å². The van der Waals surface area contributed by atoms with Gasteiger partial charge in [0.05, 0.1) is 37.2 Å². The lowest BCUT2D eigenvalue weighted by atomic mass is 9.99. The first-order valence-corrected chi connectivity index (χ1v) is 37.4. The van der Waals surface area contributed by atoms with Crippen LogP contribution in [0.25, 0.3) is 0 Å². The number of hydrogen-bond donors (Lipinski definition) is 2. The summed E-state index contributed by atoms with van der Waals surface area (Å²) < 4.78 is 12.6. The lowest BCUT2D eigenvalue weighted by molar-refractivity contribution is -0.177. The van der Waals surface area contributed by atoms with E-state index in [1.54, 1.807) is 0 Å². The number of aliphatic hydroxyl groups excluding tert-OH is 2. The summed E-state index contributed by atoms with van der Waals surface area (Å²) in [5.74, 6) is 0.765. The van der Waals surface area contributed by atoms with Crippen LogP contribution in [0.5, 0.6) is 0 Å². The number of allylic oxidation sites excluding steroid dienone is 16. The van der Waals surface area contributed by atoms with E-state index in [0.29, 0.717) is 18.3 Å². The second kappa shape index (κ2) is 74.5. The van der Waals surface area contributed by atoms with Gasteiger partial charge >= 0.3 is 0 Å². The monoisotopic (exact) mass is 1230 g/mol. The van der Waals surface area contributed by atoms with E-state index in [-0.39, 0.29) is 24.4 Å². The molecule has 0 radical (unpaired) electrons. The molecule has 1 heterocycles. The number of aliphatic hydroxyl groups is 2. The van der Waals surface area contributed by atoms with E-state index in [1.807, 2.05) is 0 Å². The van der Waals surface area contributed by atoms with Crippen LogP contribution in [0.2, 0.25) is 0 Å². The minimum Gasteiger partial charge on any atom is -0.394 e. The molecule has 7 heteroatoms. The second-order valence-electron chi connectivity index (χ2n) is 24.3. The van der Waals surface area contributed by atoms with Crippen molar-refractivity contribution in [1.82, 2.24) is 0 Å². The van der Waals surface area contributed by atoms with Crippen LogP contribution >= 0.6 is 23.2 Å². The van der Waals surface area contributed by atoms with Crippen LogP contribution in [-0.2, 0) is 14.3 Å². The Bertz CT molecular complexity index is 1560. The number of ether oxygens (including phenoxy) is 2. The van der Waals surface area contributed by atoms with Crippen LogP contribution < -0.4 is 0 Å². The minimum absolute atomic E-state index is 0.0641. The Hall–Kier alpha value is -1.99. The normalized spacial score (nSPS) is 16.0. The fourth-order valence-corrected chi connectivity index (χ4v) is 10.5. The number of carbonyl (C=O) groups is 1. The van der Waals surface area contributed by atoms with Crippen LogP contribution in [0.1, 0.15) is 349 Å². The fraction of sp³-hybridized carbons (Fsp3) is 0.782. The summed E-state index contributed by atoms with van der Waals surface area (Å²) in [7, 11) is 0. The Morgan fingerprint density at radius 2 is 0.659 bits per heavy atom.